The number of carbonyl (C=O) groups is 1. The highest BCUT2D eigenvalue weighted by molar-refractivity contribution is 6.04. The first-order chi connectivity index (χ1) is 9.70. The van der Waals surface area contributed by atoms with Gasteiger partial charge in [-0.1, -0.05) is 12.1 Å². The number of nitriles is 1. The van der Waals surface area contributed by atoms with Crippen molar-refractivity contribution in [1.82, 2.24) is 0 Å². The molecule has 2 aromatic carbocycles. The van der Waals surface area contributed by atoms with E-state index in [1.54, 1.807) is 24.3 Å². The van der Waals surface area contributed by atoms with Crippen molar-refractivity contribution in [1.29, 1.82) is 5.26 Å². The fraction of sp³-hybridized carbons (Fsp3) is 0.0667. The number of ether oxygens (including phenoxy) is 1. The molecule has 0 saturated carbocycles. The number of nitrogens with one attached hydrogen (secondary N) is 1. The highest BCUT2D eigenvalue weighted by Crippen LogP contribution is 2.24. The molecular weight excluding hydrogens is 259 g/mol. The molecule has 20 heavy (non-hydrogen) atoms. The fourth-order valence-corrected chi connectivity index (χ4v) is 1.60. The Labute approximate surface area is 115 Å². The lowest BCUT2D eigenvalue weighted by Gasteiger charge is -2.10. The predicted octanol–water partition coefficient (Wildman–Crippen LogP) is 2.98. The highest BCUT2D eigenvalue weighted by Gasteiger charge is 2.09. The standard InChI is InChI=1S/C15H11FN2O2/c16-12-7-5-11(6-8-12)15(19)18-13-3-1-2-4-14(13)20-10-9-17/h1-8H,10H2,(H,18,19). The van der Waals surface area contributed by atoms with E-state index in [4.69, 9.17) is 10.00 Å². The second kappa shape index (κ2) is 6.34. The molecule has 100 valence electrons. The van der Waals surface area contributed by atoms with Gasteiger partial charge in [-0.3, -0.25) is 4.79 Å². The SMILES string of the molecule is N#CCOc1ccccc1NC(=O)c1ccc(F)cc1. The lowest BCUT2D eigenvalue weighted by Crippen LogP contribution is -2.13. The van der Waals surface area contributed by atoms with E-state index in [0.29, 0.717) is 17.0 Å². The first-order valence-electron chi connectivity index (χ1n) is 5.86. The molecule has 5 heteroatoms. The van der Waals surface area contributed by atoms with Gasteiger partial charge in [-0.2, -0.15) is 5.26 Å². The monoisotopic (exact) mass is 270 g/mol. The van der Waals surface area contributed by atoms with Gasteiger partial charge in [0.2, 0.25) is 0 Å². The van der Waals surface area contributed by atoms with Gasteiger partial charge in [-0.25, -0.2) is 4.39 Å². The average Bonchev–Trinajstić information content (AvgIpc) is 2.47. The first kappa shape index (κ1) is 13.6. The number of anilines is 1. The minimum atomic E-state index is -0.403. The van der Waals surface area contributed by atoms with Crippen LogP contribution in [0.25, 0.3) is 0 Å². The van der Waals surface area contributed by atoms with Crippen molar-refractivity contribution in [2.75, 3.05) is 11.9 Å². The summed E-state index contributed by atoms with van der Waals surface area (Å²) in [5.41, 5.74) is 0.790. The van der Waals surface area contributed by atoms with Crippen LogP contribution in [-0.2, 0) is 0 Å². The van der Waals surface area contributed by atoms with Gasteiger partial charge in [0.05, 0.1) is 5.69 Å². The topological polar surface area (TPSA) is 62.1 Å². The third-order valence-corrected chi connectivity index (χ3v) is 2.53. The minimum absolute atomic E-state index is 0.108. The third kappa shape index (κ3) is 3.33. The van der Waals surface area contributed by atoms with Crippen molar-refractivity contribution in [3.05, 3.63) is 59.9 Å². The molecule has 1 N–H and O–H groups in total. The number of para-hydroxylation sites is 2. The zero-order chi connectivity index (χ0) is 14.4. The fourth-order valence-electron chi connectivity index (χ4n) is 1.60. The molecule has 2 aromatic rings. The van der Waals surface area contributed by atoms with Gasteiger partial charge >= 0.3 is 0 Å². The van der Waals surface area contributed by atoms with Crippen LogP contribution >= 0.6 is 0 Å². The number of nitrogens with zero attached hydrogens (tertiary/aromatic N) is 1. The molecule has 0 aliphatic rings. The number of amides is 1. The molecule has 0 atom stereocenters. The van der Waals surface area contributed by atoms with Gasteiger partial charge in [-0.05, 0) is 36.4 Å². The number of hydrogen-bond acceptors (Lipinski definition) is 3. The van der Waals surface area contributed by atoms with Gasteiger partial charge < -0.3 is 10.1 Å². The maximum Gasteiger partial charge on any atom is 0.255 e. The molecule has 0 aliphatic heterocycles. The number of rotatable bonds is 4. The van der Waals surface area contributed by atoms with Crippen LogP contribution in [0.5, 0.6) is 5.75 Å². The van der Waals surface area contributed by atoms with E-state index in [1.165, 1.54) is 24.3 Å². The molecule has 0 aromatic heterocycles. The summed E-state index contributed by atoms with van der Waals surface area (Å²) in [4.78, 5) is 12.0. The summed E-state index contributed by atoms with van der Waals surface area (Å²) in [6.07, 6.45) is 0. The molecule has 0 radical (unpaired) electrons. The highest BCUT2D eigenvalue weighted by atomic mass is 19.1. The number of halogens is 1. The zero-order valence-electron chi connectivity index (χ0n) is 10.5. The summed E-state index contributed by atoms with van der Waals surface area (Å²) in [6.45, 7) is -0.108. The van der Waals surface area contributed by atoms with Crippen molar-refractivity contribution < 1.29 is 13.9 Å². The van der Waals surface area contributed by atoms with Crippen LogP contribution in [0.15, 0.2) is 48.5 Å². The van der Waals surface area contributed by atoms with Crippen molar-refractivity contribution in [3.63, 3.8) is 0 Å². The molecule has 0 heterocycles. The summed E-state index contributed by atoms with van der Waals surface area (Å²) in [5, 5.41) is 11.2. The zero-order valence-corrected chi connectivity index (χ0v) is 10.5. The molecule has 1 amide bonds. The quantitative estimate of drug-likeness (QED) is 0.929. The summed E-state index contributed by atoms with van der Waals surface area (Å²) in [7, 11) is 0. The molecule has 0 saturated heterocycles. The molecule has 0 aliphatic carbocycles. The Balaban J connectivity index is 2.15. The van der Waals surface area contributed by atoms with Crippen LogP contribution in [0.3, 0.4) is 0 Å². The maximum absolute atomic E-state index is 12.8. The number of hydrogen-bond donors (Lipinski definition) is 1. The van der Waals surface area contributed by atoms with Gasteiger partial charge in [0, 0.05) is 5.56 Å². The Morgan fingerprint density at radius 3 is 2.60 bits per heavy atom. The second-order valence-electron chi connectivity index (χ2n) is 3.90. The van der Waals surface area contributed by atoms with Crippen LogP contribution in [0.1, 0.15) is 10.4 Å². The van der Waals surface area contributed by atoms with Crippen LogP contribution in [0, 0.1) is 17.1 Å². The summed E-state index contributed by atoms with van der Waals surface area (Å²) in [6, 6.07) is 13.9. The largest absolute Gasteiger partial charge is 0.477 e. The van der Waals surface area contributed by atoms with E-state index in [-0.39, 0.29) is 12.5 Å². The predicted molar refractivity (Wildman–Crippen MR) is 71.9 cm³/mol. The Morgan fingerprint density at radius 1 is 1.20 bits per heavy atom. The van der Waals surface area contributed by atoms with E-state index >= 15 is 0 Å². The molecule has 0 fully saturated rings. The Kier molecular flexibility index (Phi) is 4.30. The first-order valence-corrected chi connectivity index (χ1v) is 5.86. The number of carbonyl (C=O) groups excluding carboxylic acids is 1. The maximum atomic E-state index is 12.8. The third-order valence-electron chi connectivity index (χ3n) is 2.53. The number of benzene rings is 2. The van der Waals surface area contributed by atoms with Gasteiger partial charge in [0.15, 0.2) is 6.61 Å². The smallest absolute Gasteiger partial charge is 0.255 e. The van der Waals surface area contributed by atoms with Gasteiger partial charge in [0.1, 0.15) is 17.6 Å². The summed E-state index contributed by atoms with van der Waals surface area (Å²) >= 11 is 0. The van der Waals surface area contributed by atoms with Gasteiger partial charge in [0.25, 0.3) is 5.91 Å². The van der Waals surface area contributed by atoms with Crippen molar-refractivity contribution >= 4 is 11.6 Å². The minimum Gasteiger partial charge on any atom is -0.477 e. The molecular formula is C15H11FN2O2. The van der Waals surface area contributed by atoms with Crippen LogP contribution in [0.2, 0.25) is 0 Å². The molecule has 2 rings (SSSR count). The lowest BCUT2D eigenvalue weighted by atomic mass is 10.2. The Hall–Kier alpha value is -2.87. The second-order valence-corrected chi connectivity index (χ2v) is 3.90. The Bertz CT molecular complexity index is 648. The van der Waals surface area contributed by atoms with E-state index in [9.17, 15) is 9.18 Å². The van der Waals surface area contributed by atoms with Gasteiger partial charge in [-0.15, -0.1) is 0 Å². The summed E-state index contributed by atoms with van der Waals surface area (Å²) in [5.74, 6) is -0.373. The van der Waals surface area contributed by atoms with E-state index in [1.807, 2.05) is 6.07 Å². The van der Waals surface area contributed by atoms with Crippen LogP contribution < -0.4 is 10.1 Å². The van der Waals surface area contributed by atoms with E-state index < -0.39 is 5.82 Å². The van der Waals surface area contributed by atoms with E-state index in [2.05, 4.69) is 5.32 Å². The van der Waals surface area contributed by atoms with E-state index in [0.717, 1.165) is 0 Å². The normalized spacial score (nSPS) is 9.60. The van der Waals surface area contributed by atoms with Crippen molar-refractivity contribution in [2.24, 2.45) is 0 Å². The van der Waals surface area contributed by atoms with Crippen molar-refractivity contribution in [2.45, 2.75) is 0 Å². The summed E-state index contributed by atoms with van der Waals surface area (Å²) < 4.78 is 18.0. The van der Waals surface area contributed by atoms with Crippen LogP contribution in [-0.4, -0.2) is 12.5 Å². The molecule has 4 nitrogen and oxygen atoms in total. The molecule has 0 unspecified atom stereocenters. The van der Waals surface area contributed by atoms with Crippen LogP contribution in [0.4, 0.5) is 10.1 Å². The van der Waals surface area contributed by atoms with Crippen molar-refractivity contribution in [3.8, 4) is 11.8 Å². The molecule has 0 spiro atoms. The lowest BCUT2D eigenvalue weighted by molar-refractivity contribution is 0.102. The molecule has 0 bridgehead atoms. The Morgan fingerprint density at radius 2 is 1.90 bits per heavy atom. The average molecular weight is 270 g/mol.